The molecule has 1 fully saturated rings. The van der Waals surface area contributed by atoms with Gasteiger partial charge in [-0.05, 0) is 51.0 Å². The Kier molecular flexibility index (Phi) is 3.97. The summed E-state index contributed by atoms with van der Waals surface area (Å²) >= 11 is 0. The number of aryl methyl sites for hydroxylation is 1. The smallest absolute Gasteiger partial charge is 0.181 e. The molecule has 1 aromatic carbocycles. The van der Waals surface area contributed by atoms with Crippen LogP contribution in [-0.2, 0) is 6.54 Å². The van der Waals surface area contributed by atoms with Crippen LogP contribution < -0.4 is 5.73 Å². The Hall–Kier alpha value is -1.88. The standard InChI is InChI=1S/C15H21N5/c16-14-6-3-5-13(11-14)15-17-12-20(18-15)10-4-9-19-7-1-2-8-19/h3,5-6,11-12H,1-2,4,7-10,16H2. The van der Waals surface area contributed by atoms with Gasteiger partial charge in [0.15, 0.2) is 5.82 Å². The molecule has 2 N–H and O–H groups in total. The summed E-state index contributed by atoms with van der Waals surface area (Å²) in [5, 5.41) is 4.52. The van der Waals surface area contributed by atoms with Gasteiger partial charge in [-0.1, -0.05) is 12.1 Å². The van der Waals surface area contributed by atoms with Gasteiger partial charge in [-0.2, -0.15) is 5.10 Å². The minimum Gasteiger partial charge on any atom is -0.399 e. The van der Waals surface area contributed by atoms with Crippen LogP contribution in [0.1, 0.15) is 19.3 Å². The molecule has 0 aliphatic carbocycles. The van der Waals surface area contributed by atoms with Crippen LogP contribution in [0.25, 0.3) is 11.4 Å². The summed E-state index contributed by atoms with van der Waals surface area (Å²) in [6.45, 7) is 4.59. The van der Waals surface area contributed by atoms with Crippen LogP contribution in [0.5, 0.6) is 0 Å². The van der Waals surface area contributed by atoms with E-state index in [0.717, 1.165) is 36.6 Å². The molecule has 0 amide bonds. The topological polar surface area (TPSA) is 60.0 Å². The van der Waals surface area contributed by atoms with Gasteiger partial charge in [0.25, 0.3) is 0 Å². The van der Waals surface area contributed by atoms with E-state index in [9.17, 15) is 0 Å². The Morgan fingerprint density at radius 3 is 2.80 bits per heavy atom. The maximum absolute atomic E-state index is 5.78. The van der Waals surface area contributed by atoms with Gasteiger partial charge in [-0.3, -0.25) is 4.68 Å². The predicted molar refractivity (Wildman–Crippen MR) is 80.2 cm³/mol. The van der Waals surface area contributed by atoms with Gasteiger partial charge in [0.05, 0.1) is 0 Å². The first kappa shape index (κ1) is 13.1. The van der Waals surface area contributed by atoms with E-state index in [1.165, 1.54) is 25.9 Å². The second-order valence-electron chi connectivity index (χ2n) is 5.36. The highest BCUT2D eigenvalue weighted by atomic mass is 15.3. The van der Waals surface area contributed by atoms with E-state index < -0.39 is 0 Å². The fraction of sp³-hybridized carbons (Fsp3) is 0.467. The summed E-state index contributed by atoms with van der Waals surface area (Å²) in [7, 11) is 0. The van der Waals surface area contributed by atoms with E-state index in [2.05, 4.69) is 15.0 Å². The summed E-state index contributed by atoms with van der Waals surface area (Å²) in [6, 6.07) is 7.69. The molecule has 5 nitrogen and oxygen atoms in total. The van der Waals surface area contributed by atoms with E-state index in [4.69, 9.17) is 5.73 Å². The molecule has 1 aliphatic rings. The van der Waals surface area contributed by atoms with Crippen LogP contribution in [0.4, 0.5) is 5.69 Å². The molecule has 2 heterocycles. The first-order valence-electron chi connectivity index (χ1n) is 7.29. The van der Waals surface area contributed by atoms with Crippen molar-refractivity contribution < 1.29 is 0 Å². The van der Waals surface area contributed by atoms with Crippen molar-refractivity contribution in [1.29, 1.82) is 0 Å². The van der Waals surface area contributed by atoms with E-state index in [0.29, 0.717) is 0 Å². The van der Waals surface area contributed by atoms with Gasteiger partial charge >= 0.3 is 0 Å². The fourth-order valence-corrected chi connectivity index (χ4v) is 2.67. The number of hydrogen-bond donors (Lipinski definition) is 1. The van der Waals surface area contributed by atoms with Crippen LogP contribution in [0.2, 0.25) is 0 Å². The van der Waals surface area contributed by atoms with Crippen molar-refractivity contribution >= 4 is 5.69 Å². The third-order valence-corrected chi connectivity index (χ3v) is 3.74. The number of nitrogens with zero attached hydrogens (tertiary/aromatic N) is 4. The highest BCUT2D eigenvalue weighted by molar-refractivity contribution is 5.60. The first-order valence-corrected chi connectivity index (χ1v) is 7.29. The molecule has 0 atom stereocenters. The summed E-state index contributed by atoms with van der Waals surface area (Å²) < 4.78 is 1.93. The zero-order valence-electron chi connectivity index (χ0n) is 11.7. The van der Waals surface area contributed by atoms with Crippen LogP contribution in [-0.4, -0.2) is 39.3 Å². The maximum Gasteiger partial charge on any atom is 0.181 e. The van der Waals surface area contributed by atoms with E-state index in [1.807, 2.05) is 35.3 Å². The van der Waals surface area contributed by atoms with Gasteiger partial charge < -0.3 is 10.6 Å². The summed E-state index contributed by atoms with van der Waals surface area (Å²) in [6.07, 6.45) is 5.63. The molecule has 1 aromatic heterocycles. The van der Waals surface area contributed by atoms with Crippen LogP contribution in [0.3, 0.4) is 0 Å². The largest absolute Gasteiger partial charge is 0.399 e. The number of aromatic nitrogens is 3. The lowest BCUT2D eigenvalue weighted by Gasteiger charge is -2.13. The zero-order chi connectivity index (χ0) is 13.8. The number of nitrogen functional groups attached to an aromatic ring is 1. The quantitative estimate of drug-likeness (QED) is 0.845. The van der Waals surface area contributed by atoms with Crippen molar-refractivity contribution in [2.24, 2.45) is 0 Å². The van der Waals surface area contributed by atoms with Crippen LogP contribution in [0.15, 0.2) is 30.6 Å². The lowest BCUT2D eigenvalue weighted by Crippen LogP contribution is -2.21. The first-order chi connectivity index (χ1) is 9.81. The van der Waals surface area contributed by atoms with E-state index >= 15 is 0 Å². The highest BCUT2D eigenvalue weighted by Crippen LogP contribution is 2.17. The van der Waals surface area contributed by atoms with Gasteiger partial charge in [0, 0.05) is 17.8 Å². The van der Waals surface area contributed by atoms with Crippen LogP contribution in [0, 0.1) is 0 Å². The number of likely N-dealkylation sites (tertiary alicyclic amines) is 1. The average Bonchev–Trinajstić information content (AvgIpc) is 3.10. The molecule has 106 valence electrons. The number of anilines is 1. The number of rotatable bonds is 5. The third-order valence-electron chi connectivity index (χ3n) is 3.74. The van der Waals surface area contributed by atoms with Gasteiger partial charge in [0.2, 0.25) is 0 Å². The maximum atomic E-state index is 5.78. The van der Waals surface area contributed by atoms with E-state index in [-0.39, 0.29) is 0 Å². The van der Waals surface area contributed by atoms with Crippen molar-refractivity contribution in [2.75, 3.05) is 25.4 Å². The molecule has 0 radical (unpaired) electrons. The monoisotopic (exact) mass is 271 g/mol. The number of hydrogen-bond acceptors (Lipinski definition) is 4. The summed E-state index contributed by atoms with van der Waals surface area (Å²) in [5.74, 6) is 0.749. The number of nitrogens with two attached hydrogens (primary N) is 1. The Bertz CT molecular complexity index is 557. The van der Waals surface area contributed by atoms with Gasteiger partial charge in [0.1, 0.15) is 6.33 Å². The SMILES string of the molecule is Nc1cccc(-c2ncn(CCCN3CCCC3)n2)c1. The van der Waals surface area contributed by atoms with Gasteiger partial charge in [-0.15, -0.1) is 0 Å². The molecule has 1 aliphatic heterocycles. The molecule has 2 aromatic rings. The fourth-order valence-electron chi connectivity index (χ4n) is 2.67. The molecule has 0 saturated carbocycles. The predicted octanol–water partition coefficient (Wildman–Crippen LogP) is 2.01. The summed E-state index contributed by atoms with van der Waals surface area (Å²) in [4.78, 5) is 6.88. The summed E-state index contributed by atoms with van der Waals surface area (Å²) in [5.41, 5.74) is 7.50. The Labute approximate surface area is 119 Å². The second-order valence-corrected chi connectivity index (χ2v) is 5.36. The minimum atomic E-state index is 0.743. The van der Waals surface area contributed by atoms with Crippen molar-refractivity contribution in [3.05, 3.63) is 30.6 Å². The molecule has 5 heteroatoms. The van der Waals surface area contributed by atoms with Crippen molar-refractivity contribution in [3.8, 4) is 11.4 Å². The van der Waals surface area contributed by atoms with Crippen molar-refractivity contribution in [2.45, 2.75) is 25.8 Å². The highest BCUT2D eigenvalue weighted by Gasteiger charge is 2.10. The van der Waals surface area contributed by atoms with Gasteiger partial charge in [-0.25, -0.2) is 4.98 Å². The Morgan fingerprint density at radius 1 is 1.15 bits per heavy atom. The molecule has 3 rings (SSSR count). The average molecular weight is 271 g/mol. The van der Waals surface area contributed by atoms with Crippen molar-refractivity contribution in [3.63, 3.8) is 0 Å². The van der Waals surface area contributed by atoms with Crippen LogP contribution >= 0.6 is 0 Å². The minimum absolute atomic E-state index is 0.743. The second kappa shape index (κ2) is 6.05. The van der Waals surface area contributed by atoms with E-state index in [1.54, 1.807) is 0 Å². The normalized spacial score (nSPS) is 15.8. The molecule has 20 heavy (non-hydrogen) atoms. The molecular formula is C15H21N5. The third kappa shape index (κ3) is 3.17. The van der Waals surface area contributed by atoms with Crippen molar-refractivity contribution in [1.82, 2.24) is 19.7 Å². The molecule has 1 saturated heterocycles. The molecule has 0 bridgehead atoms. The Balaban J connectivity index is 1.56. The zero-order valence-corrected chi connectivity index (χ0v) is 11.7. The Morgan fingerprint density at radius 2 is 2.00 bits per heavy atom. The number of benzene rings is 1. The molecular weight excluding hydrogens is 250 g/mol. The lowest BCUT2D eigenvalue weighted by molar-refractivity contribution is 0.322. The lowest BCUT2D eigenvalue weighted by atomic mass is 10.2. The molecule has 0 unspecified atom stereocenters. The molecule has 0 spiro atoms.